The first kappa shape index (κ1) is 30.3. The molecule has 0 aliphatic heterocycles. The summed E-state index contributed by atoms with van der Waals surface area (Å²) < 4.78 is 37.7. The van der Waals surface area contributed by atoms with Gasteiger partial charge >= 0.3 is 0 Å². The first-order valence-electron chi connectivity index (χ1n) is 13.4. The zero-order valence-corrected chi connectivity index (χ0v) is 24.4. The number of anilines is 1. The van der Waals surface area contributed by atoms with Crippen molar-refractivity contribution in [2.45, 2.75) is 71.0 Å². The summed E-state index contributed by atoms with van der Waals surface area (Å²) in [5.41, 5.74) is 1.86. The molecule has 1 atom stereocenters. The van der Waals surface area contributed by atoms with Gasteiger partial charge in [0.15, 0.2) is 0 Å². The summed E-state index contributed by atoms with van der Waals surface area (Å²) in [6.07, 6.45) is 6.56. The van der Waals surface area contributed by atoms with Gasteiger partial charge < -0.3 is 19.7 Å². The average Bonchev–Trinajstić information content (AvgIpc) is 2.91. The summed E-state index contributed by atoms with van der Waals surface area (Å²) >= 11 is 0. The van der Waals surface area contributed by atoms with Crippen LogP contribution in [0.3, 0.4) is 0 Å². The molecule has 0 spiro atoms. The van der Waals surface area contributed by atoms with Crippen LogP contribution in [-0.4, -0.2) is 64.2 Å². The molecule has 1 aliphatic carbocycles. The van der Waals surface area contributed by atoms with E-state index in [4.69, 9.17) is 9.47 Å². The Balaban J connectivity index is 1.97. The van der Waals surface area contributed by atoms with Gasteiger partial charge in [-0.1, -0.05) is 44.4 Å². The van der Waals surface area contributed by atoms with E-state index in [0.717, 1.165) is 53.8 Å². The number of nitrogens with one attached hydrogen (secondary N) is 1. The van der Waals surface area contributed by atoms with Crippen molar-refractivity contribution in [2.75, 3.05) is 31.3 Å². The van der Waals surface area contributed by atoms with E-state index in [-0.39, 0.29) is 24.2 Å². The zero-order chi connectivity index (χ0) is 28.6. The predicted molar refractivity (Wildman–Crippen MR) is 153 cm³/mol. The maximum atomic E-state index is 14.0. The first-order valence-corrected chi connectivity index (χ1v) is 15.3. The van der Waals surface area contributed by atoms with Crippen LogP contribution in [0.4, 0.5) is 5.69 Å². The van der Waals surface area contributed by atoms with Crippen molar-refractivity contribution < 1.29 is 27.5 Å². The second-order valence-electron chi connectivity index (χ2n) is 10.1. The Hall–Kier alpha value is -3.27. The third-order valence-electron chi connectivity index (χ3n) is 7.11. The minimum absolute atomic E-state index is 0.0816. The molecule has 0 saturated heterocycles. The quantitative estimate of drug-likeness (QED) is 0.421. The fourth-order valence-electron chi connectivity index (χ4n) is 5.02. The van der Waals surface area contributed by atoms with Crippen molar-refractivity contribution in [1.82, 2.24) is 10.2 Å². The van der Waals surface area contributed by atoms with Crippen LogP contribution in [0.2, 0.25) is 0 Å². The Morgan fingerprint density at radius 3 is 2.38 bits per heavy atom. The van der Waals surface area contributed by atoms with Gasteiger partial charge in [-0.3, -0.25) is 13.9 Å². The molecule has 0 aromatic heterocycles. The third kappa shape index (κ3) is 8.11. The van der Waals surface area contributed by atoms with E-state index in [1.165, 1.54) is 12.0 Å². The highest BCUT2D eigenvalue weighted by Gasteiger charge is 2.33. The minimum atomic E-state index is -3.87. The van der Waals surface area contributed by atoms with Crippen molar-refractivity contribution >= 4 is 27.5 Å². The van der Waals surface area contributed by atoms with Crippen LogP contribution in [0.15, 0.2) is 42.5 Å². The van der Waals surface area contributed by atoms with E-state index < -0.39 is 28.5 Å². The summed E-state index contributed by atoms with van der Waals surface area (Å²) in [7, 11) is -0.854. The lowest BCUT2D eigenvalue weighted by atomic mass is 9.95. The fourth-order valence-corrected chi connectivity index (χ4v) is 5.87. The van der Waals surface area contributed by atoms with E-state index in [1.54, 1.807) is 25.3 Å². The van der Waals surface area contributed by atoms with Gasteiger partial charge in [0.05, 0.1) is 26.2 Å². The van der Waals surface area contributed by atoms with E-state index in [0.29, 0.717) is 17.9 Å². The lowest BCUT2D eigenvalue weighted by Crippen LogP contribution is -2.54. The Labute approximate surface area is 232 Å². The van der Waals surface area contributed by atoms with Crippen LogP contribution < -0.4 is 19.1 Å². The molecule has 0 unspecified atom stereocenters. The molecule has 9 nitrogen and oxygen atoms in total. The molecule has 2 amide bonds. The number of amides is 2. The predicted octanol–water partition coefficient (Wildman–Crippen LogP) is 4.03. The lowest BCUT2D eigenvalue weighted by Gasteiger charge is -2.34. The summed E-state index contributed by atoms with van der Waals surface area (Å²) in [6.45, 7) is 3.34. The minimum Gasteiger partial charge on any atom is -0.497 e. The molecule has 214 valence electrons. The molecule has 1 aliphatic rings. The monoisotopic (exact) mass is 559 g/mol. The van der Waals surface area contributed by atoms with Crippen LogP contribution in [0.1, 0.15) is 56.6 Å². The fraction of sp³-hybridized carbons (Fsp3) is 0.517. The topological polar surface area (TPSA) is 105 Å². The highest BCUT2D eigenvalue weighted by atomic mass is 32.2. The molecule has 2 aromatic carbocycles. The van der Waals surface area contributed by atoms with Crippen molar-refractivity contribution in [3.05, 3.63) is 53.6 Å². The molecule has 10 heteroatoms. The Morgan fingerprint density at radius 2 is 1.77 bits per heavy atom. The van der Waals surface area contributed by atoms with E-state index in [9.17, 15) is 18.0 Å². The van der Waals surface area contributed by atoms with Crippen molar-refractivity contribution in [3.8, 4) is 11.5 Å². The smallest absolute Gasteiger partial charge is 0.244 e. The maximum Gasteiger partial charge on any atom is 0.244 e. The molecule has 0 bridgehead atoms. The molecule has 3 rings (SSSR count). The second-order valence-corrected chi connectivity index (χ2v) is 12.0. The van der Waals surface area contributed by atoms with Gasteiger partial charge in [0.2, 0.25) is 21.8 Å². The van der Waals surface area contributed by atoms with Crippen LogP contribution in [0, 0.1) is 6.92 Å². The molecule has 0 radical (unpaired) electrons. The standard InChI is InChI=1S/C29H41N3O6S/c1-6-25(29(34)30-23-12-8-7-9-13-23)31(19-22-11-10-14-24(18-22)37-3)28(33)20-32(39(5,35)36)26-17-21(2)15-16-27(26)38-4/h10-11,14-18,23,25H,6-9,12-13,19-20H2,1-5H3,(H,30,34)/t25-/m1/s1. The van der Waals surface area contributed by atoms with Gasteiger partial charge in [0.25, 0.3) is 0 Å². The number of methoxy groups -OCH3 is 2. The lowest BCUT2D eigenvalue weighted by molar-refractivity contribution is -0.140. The molecule has 0 heterocycles. The SMILES string of the molecule is CC[C@H](C(=O)NC1CCCCC1)N(Cc1cccc(OC)c1)C(=O)CN(c1cc(C)ccc1OC)S(C)(=O)=O. The normalized spacial score (nSPS) is 14.8. The number of ether oxygens (including phenoxy) is 2. The molecular weight excluding hydrogens is 518 g/mol. The van der Waals surface area contributed by atoms with Crippen LogP contribution in [-0.2, 0) is 26.2 Å². The number of aryl methyl sites for hydroxylation is 1. The number of nitrogens with zero attached hydrogens (tertiary/aromatic N) is 2. The van der Waals surface area contributed by atoms with Crippen LogP contribution in [0.25, 0.3) is 0 Å². The van der Waals surface area contributed by atoms with E-state index >= 15 is 0 Å². The zero-order valence-electron chi connectivity index (χ0n) is 23.6. The van der Waals surface area contributed by atoms with Crippen molar-refractivity contribution in [1.29, 1.82) is 0 Å². The summed E-state index contributed by atoms with van der Waals surface area (Å²) in [5.74, 6) is 0.249. The van der Waals surface area contributed by atoms with Crippen molar-refractivity contribution in [3.63, 3.8) is 0 Å². The van der Waals surface area contributed by atoms with Gasteiger partial charge in [-0.05, 0) is 61.6 Å². The molecular formula is C29H41N3O6S. The first-order chi connectivity index (χ1) is 18.6. The Morgan fingerprint density at radius 1 is 1.05 bits per heavy atom. The highest BCUT2D eigenvalue weighted by Crippen LogP contribution is 2.31. The van der Waals surface area contributed by atoms with Gasteiger partial charge in [0, 0.05) is 12.6 Å². The van der Waals surface area contributed by atoms with Crippen LogP contribution >= 0.6 is 0 Å². The number of carbonyl (C=O) groups excluding carboxylic acids is 2. The molecule has 39 heavy (non-hydrogen) atoms. The van der Waals surface area contributed by atoms with Gasteiger partial charge in [-0.15, -0.1) is 0 Å². The third-order valence-corrected chi connectivity index (χ3v) is 8.23. The number of hydrogen-bond donors (Lipinski definition) is 1. The number of carbonyl (C=O) groups is 2. The van der Waals surface area contributed by atoms with Gasteiger partial charge in [-0.2, -0.15) is 0 Å². The number of sulfonamides is 1. The number of rotatable bonds is 12. The van der Waals surface area contributed by atoms with Crippen molar-refractivity contribution in [2.24, 2.45) is 0 Å². The maximum absolute atomic E-state index is 14.0. The summed E-state index contributed by atoms with van der Waals surface area (Å²) in [5, 5.41) is 3.15. The number of hydrogen-bond acceptors (Lipinski definition) is 6. The van der Waals surface area contributed by atoms with E-state index in [2.05, 4.69) is 5.32 Å². The molecule has 1 saturated carbocycles. The Bertz CT molecular complexity index is 1240. The average molecular weight is 560 g/mol. The van der Waals surface area contributed by atoms with Gasteiger partial charge in [-0.25, -0.2) is 8.42 Å². The highest BCUT2D eigenvalue weighted by molar-refractivity contribution is 7.92. The Kier molecular flexibility index (Phi) is 10.6. The summed E-state index contributed by atoms with van der Waals surface area (Å²) in [4.78, 5) is 29.0. The largest absolute Gasteiger partial charge is 0.497 e. The summed E-state index contributed by atoms with van der Waals surface area (Å²) in [6, 6.07) is 11.8. The number of benzene rings is 2. The molecule has 1 fully saturated rings. The van der Waals surface area contributed by atoms with E-state index in [1.807, 2.05) is 38.1 Å². The van der Waals surface area contributed by atoms with Gasteiger partial charge in [0.1, 0.15) is 24.1 Å². The van der Waals surface area contributed by atoms with Crippen LogP contribution in [0.5, 0.6) is 11.5 Å². The molecule has 1 N–H and O–H groups in total. The second kappa shape index (κ2) is 13.7. The molecule has 2 aromatic rings.